The first-order chi connectivity index (χ1) is 11.5. The fourth-order valence-electron chi connectivity index (χ4n) is 2.60. The van der Waals surface area contributed by atoms with Gasteiger partial charge >= 0.3 is 0 Å². The molecule has 0 aliphatic heterocycles. The molecule has 1 aromatic heterocycles. The number of carbonyl (C=O) groups excluding carboxylic acids is 2. The quantitative estimate of drug-likeness (QED) is 0.681. The number of aromatic nitrogens is 1. The Labute approximate surface area is 143 Å². The zero-order valence-electron chi connectivity index (χ0n) is 13.0. The van der Waals surface area contributed by atoms with E-state index in [1.54, 1.807) is 24.3 Å². The molecule has 1 atom stereocenters. The van der Waals surface area contributed by atoms with Crippen molar-refractivity contribution in [1.29, 1.82) is 0 Å². The van der Waals surface area contributed by atoms with Crippen LogP contribution in [0.3, 0.4) is 0 Å². The van der Waals surface area contributed by atoms with Crippen molar-refractivity contribution in [1.82, 2.24) is 10.3 Å². The molecule has 0 aliphatic rings. The lowest BCUT2D eigenvalue weighted by atomic mass is 10.1. The molecule has 0 fully saturated rings. The standard InChI is InChI=1S/C18H16ClN3O2/c1-10-7-8-13-12(9-10)14(19)16(21-13)18(24)22-15(17(20)23)11-5-3-2-4-6-11/h2-9,15,21H,1H3,(H2,20,23)(H,22,24)/t15-/m1/s1. The van der Waals surface area contributed by atoms with Gasteiger partial charge < -0.3 is 16.0 Å². The van der Waals surface area contributed by atoms with E-state index in [4.69, 9.17) is 17.3 Å². The van der Waals surface area contributed by atoms with Crippen LogP contribution < -0.4 is 11.1 Å². The van der Waals surface area contributed by atoms with Crippen molar-refractivity contribution < 1.29 is 9.59 Å². The van der Waals surface area contributed by atoms with Crippen molar-refractivity contribution in [2.45, 2.75) is 13.0 Å². The van der Waals surface area contributed by atoms with E-state index >= 15 is 0 Å². The SMILES string of the molecule is Cc1ccc2[nH]c(C(=O)N[C@@H](C(N)=O)c3ccccc3)c(Cl)c2c1. The maximum atomic E-state index is 12.6. The molecule has 6 heteroatoms. The summed E-state index contributed by atoms with van der Waals surface area (Å²) in [5.74, 6) is -1.13. The summed E-state index contributed by atoms with van der Waals surface area (Å²) >= 11 is 6.32. The Morgan fingerprint density at radius 1 is 1.17 bits per heavy atom. The lowest BCUT2D eigenvalue weighted by molar-refractivity contribution is -0.120. The topological polar surface area (TPSA) is 88.0 Å². The first-order valence-electron chi connectivity index (χ1n) is 7.40. The third kappa shape index (κ3) is 2.98. The van der Waals surface area contributed by atoms with Crippen molar-refractivity contribution in [3.8, 4) is 0 Å². The maximum Gasteiger partial charge on any atom is 0.270 e. The van der Waals surface area contributed by atoms with Gasteiger partial charge in [-0.2, -0.15) is 0 Å². The largest absolute Gasteiger partial charge is 0.368 e. The van der Waals surface area contributed by atoms with Gasteiger partial charge in [0.25, 0.3) is 5.91 Å². The van der Waals surface area contributed by atoms with E-state index in [1.165, 1.54) is 0 Å². The summed E-state index contributed by atoms with van der Waals surface area (Å²) in [7, 11) is 0. The molecule has 4 N–H and O–H groups in total. The summed E-state index contributed by atoms with van der Waals surface area (Å²) < 4.78 is 0. The van der Waals surface area contributed by atoms with Crippen molar-refractivity contribution in [3.63, 3.8) is 0 Å². The number of rotatable bonds is 4. The summed E-state index contributed by atoms with van der Waals surface area (Å²) in [5.41, 5.74) is 8.04. The lowest BCUT2D eigenvalue weighted by Gasteiger charge is -2.15. The normalized spacial score (nSPS) is 12.1. The molecule has 1 heterocycles. The number of halogens is 1. The smallest absolute Gasteiger partial charge is 0.270 e. The molecule has 0 aliphatic carbocycles. The molecule has 2 aromatic carbocycles. The summed E-state index contributed by atoms with van der Waals surface area (Å²) in [4.78, 5) is 27.3. The third-order valence-electron chi connectivity index (χ3n) is 3.81. The number of hydrogen-bond acceptors (Lipinski definition) is 2. The van der Waals surface area contributed by atoms with Crippen LogP contribution in [-0.2, 0) is 4.79 Å². The van der Waals surface area contributed by atoms with E-state index < -0.39 is 17.9 Å². The Morgan fingerprint density at radius 3 is 2.54 bits per heavy atom. The van der Waals surface area contributed by atoms with Crippen LogP contribution in [0.5, 0.6) is 0 Å². The fraction of sp³-hybridized carbons (Fsp3) is 0.111. The van der Waals surface area contributed by atoms with Crippen LogP contribution >= 0.6 is 11.6 Å². The van der Waals surface area contributed by atoms with E-state index in [0.29, 0.717) is 10.6 Å². The van der Waals surface area contributed by atoms with Crippen molar-refractivity contribution in [3.05, 3.63) is 70.4 Å². The van der Waals surface area contributed by atoms with Crippen molar-refractivity contribution in [2.24, 2.45) is 5.73 Å². The van der Waals surface area contributed by atoms with E-state index in [-0.39, 0.29) is 5.69 Å². The Kier molecular flexibility index (Phi) is 4.27. The lowest BCUT2D eigenvalue weighted by Crippen LogP contribution is -2.37. The van der Waals surface area contributed by atoms with Crippen LogP contribution in [0.2, 0.25) is 5.02 Å². The van der Waals surface area contributed by atoms with Gasteiger partial charge in [-0.15, -0.1) is 0 Å². The summed E-state index contributed by atoms with van der Waals surface area (Å²) in [6, 6.07) is 13.6. The van der Waals surface area contributed by atoms with E-state index in [0.717, 1.165) is 16.5 Å². The highest BCUT2D eigenvalue weighted by Gasteiger charge is 2.23. The van der Waals surface area contributed by atoms with Gasteiger partial charge in [0.15, 0.2) is 0 Å². The number of aromatic amines is 1. The Morgan fingerprint density at radius 2 is 1.88 bits per heavy atom. The number of primary amides is 1. The Bertz CT molecular complexity index is 919. The Balaban J connectivity index is 1.94. The Hall–Kier alpha value is -2.79. The number of H-pyrrole nitrogens is 1. The average Bonchev–Trinajstić information content (AvgIpc) is 2.89. The van der Waals surface area contributed by atoms with Crippen molar-refractivity contribution >= 4 is 34.3 Å². The second kappa shape index (κ2) is 6.37. The van der Waals surface area contributed by atoms with Gasteiger partial charge in [-0.05, 0) is 24.6 Å². The first kappa shape index (κ1) is 16.1. The van der Waals surface area contributed by atoms with Gasteiger partial charge in [0.2, 0.25) is 5.91 Å². The number of nitrogens with two attached hydrogens (primary N) is 1. The van der Waals surface area contributed by atoms with Crippen LogP contribution in [0.25, 0.3) is 10.9 Å². The molecule has 0 spiro atoms. The van der Waals surface area contributed by atoms with E-state index in [9.17, 15) is 9.59 Å². The van der Waals surface area contributed by atoms with Crippen LogP contribution in [0, 0.1) is 6.92 Å². The monoisotopic (exact) mass is 341 g/mol. The second-order valence-electron chi connectivity index (χ2n) is 5.58. The molecule has 3 aromatic rings. The highest BCUT2D eigenvalue weighted by Crippen LogP contribution is 2.28. The fourth-order valence-corrected chi connectivity index (χ4v) is 2.89. The predicted molar refractivity (Wildman–Crippen MR) is 93.9 cm³/mol. The highest BCUT2D eigenvalue weighted by molar-refractivity contribution is 6.38. The van der Waals surface area contributed by atoms with E-state index in [1.807, 2.05) is 31.2 Å². The number of aryl methyl sites for hydroxylation is 1. The minimum atomic E-state index is -0.928. The van der Waals surface area contributed by atoms with Crippen LogP contribution in [0.15, 0.2) is 48.5 Å². The van der Waals surface area contributed by atoms with Gasteiger partial charge in [0.05, 0.1) is 5.02 Å². The molecule has 3 rings (SSSR count). The number of amides is 2. The van der Waals surface area contributed by atoms with Gasteiger partial charge in [-0.1, -0.05) is 53.6 Å². The van der Waals surface area contributed by atoms with Gasteiger partial charge in [-0.25, -0.2) is 0 Å². The number of fused-ring (bicyclic) bond motifs is 1. The molecule has 5 nitrogen and oxygen atoms in total. The number of benzene rings is 2. The summed E-state index contributed by atoms with van der Waals surface area (Å²) in [6.07, 6.45) is 0. The number of nitrogens with one attached hydrogen (secondary N) is 2. The average molecular weight is 342 g/mol. The first-order valence-corrected chi connectivity index (χ1v) is 7.78. The van der Waals surface area contributed by atoms with Gasteiger partial charge in [0, 0.05) is 10.9 Å². The zero-order chi connectivity index (χ0) is 17.3. The minimum Gasteiger partial charge on any atom is -0.368 e. The number of hydrogen-bond donors (Lipinski definition) is 3. The van der Waals surface area contributed by atoms with Gasteiger partial charge in [-0.3, -0.25) is 9.59 Å². The third-order valence-corrected chi connectivity index (χ3v) is 4.20. The molecule has 0 saturated heterocycles. The molecular weight excluding hydrogens is 326 g/mol. The highest BCUT2D eigenvalue weighted by atomic mass is 35.5. The molecule has 0 radical (unpaired) electrons. The maximum absolute atomic E-state index is 12.6. The van der Waals surface area contributed by atoms with E-state index in [2.05, 4.69) is 10.3 Å². The van der Waals surface area contributed by atoms with Crippen molar-refractivity contribution in [2.75, 3.05) is 0 Å². The predicted octanol–water partition coefficient (Wildman–Crippen LogP) is 3.09. The molecule has 0 saturated carbocycles. The van der Waals surface area contributed by atoms with Crippen LogP contribution in [-0.4, -0.2) is 16.8 Å². The van der Waals surface area contributed by atoms with Gasteiger partial charge in [0.1, 0.15) is 11.7 Å². The second-order valence-corrected chi connectivity index (χ2v) is 5.96. The van der Waals surface area contributed by atoms with Crippen LogP contribution in [0.1, 0.15) is 27.7 Å². The molecule has 0 unspecified atom stereocenters. The summed E-state index contributed by atoms with van der Waals surface area (Å²) in [6.45, 7) is 1.95. The number of carbonyl (C=O) groups is 2. The molecule has 24 heavy (non-hydrogen) atoms. The zero-order valence-corrected chi connectivity index (χ0v) is 13.7. The molecule has 122 valence electrons. The minimum absolute atomic E-state index is 0.208. The van der Waals surface area contributed by atoms with Crippen LogP contribution in [0.4, 0.5) is 0 Å². The summed E-state index contributed by atoms with van der Waals surface area (Å²) in [5, 5.41) is 3.72. The molecular formula is C18H16ClN3O2. The molecule has 0 bridgehead atoms. The molecule has 2 amide bonds.